The van der Waals surface area contributed by atoms with Crippen LogP contribution in [0.2, 0.25) is 0 Å². The van der Waals surface area contributed by atoms with Gasteiger partial charge < -0.3 is 5.32 Å². The van der Waals surface area contributed by atoms with Crippen LogP contribution in [0.1, 0.15) is 50.5 Å². The summed E-state index contributed by atoms with van der Waals surface area (Å²) in [7, 11) is 0. The number of hydrogen-bond donors (Lipinski definition) is 1. The van der Waals surface area contributed by atoms with Gasteiger partial charge in [0.1, 0.15) is 0 Å². The van der Waals surface area contributed by atoms with E-state index < -0.39 is 0 Å². The molecule has 2 aliphatic rings. The van der Waals surface area contributed by atoms with E-state index >= 15 is 0 Å². The number of benzene rings is 1. The first kappa shape index (κ1) is 12.6. The van der Waals surface area contributed by atoms with Crippen molar-refractivity contribution < 1.29 is 0 Å². The summed E-state index contributed by atoms with van der Waals surface area (Å²) < 4.78 is 0. The van der Waals surface area contributed by atoms with Crippen molar-refractivity contribution in [1.82, 2.24) is 5.32 Å². The molecule has 1 saturated carbocycles. The fraction of sp³-hybridized carbons (Fsp3) is 0.625. The lowest BCUT2D eigenvalue weighted by molar-refractivity contribution is 0.283. The molecule has 0 amide bonds. The molecule has 1 spiro atoms. The molecule has 1 N–H and O–H groups in total. The Morgan fingerprint density at radius 3 is 2.78 bits per heavy atom. The van der Waals surface area contributed by atoms with E-state index in [1.165, 1.54) is 44.2 Å². The minimum absolute atomic E-state index is 0.317. The van der Waals surface area contributed by atoms with Crippen molar-refractivity contribution in [3.63, 3.8) is 0 Å². The van der Waals surface area contributed by atoms with Gasteiger partial charge in [-0.1, -0.05) is 50.1 Å². The lowest BCUT2D eigenvalue weighted by atomic mass is 9.79. The largest absolute Gasteiger partial charge is 0.302 e. The molecule has 2 heteroatoms. The Morgan fingerprint density at radius 2 is 2.00 bits per heavy atom. The Labute approximate surface area is 115 Å². The summed E-state index contributed by atoms with van der Waals surface area (Å²) in [5.41, 5.74) is 1.53. The second-order valence-electron chi connectivity index (χ2n) is 5.74. The first-order chi connectivity index (χ1) is 8.80. The fourth-order valence-corrected chi connectivity index (χ4v) is 5.38. The number of thioether (sulfide) groups is 1. The molecule has 1 aliphatic heterocycles. The van der Waals surface area contributed by atoms with E-state index in [2.05, 4.69) is 54.3 Å². The minimum atomic E-state index is 0.317. The van der Waals surface area contributed by atoms with Crippen molar-refractivity contribution in [2.45, 2.75) is 55.1 Å². The summed E-state index contributed by atoms with van der Waals surface area (Å²) in [6.45, 7) is 3.58. The summed E-state index contributed by atoms with van der Waals surface area (Å²) in [4.78, 5) is 0.317. The highest BCUT2D eigenvalue weighted by Gasteiger charge is 2.44. The molecule has 18 heavy (non-hydrogen) atoms. The standard InChI is InChI=1S/C16H23NS/c1-13-10-12-17-16(18-13)11-6-5-9-15(16)14-7-3-2-4-8-14/h2-4,7-8,13,15,17H,5-6,9-12H2,1H3. The normalized spacial score (nSPS) is 36.7. The zero-order valence-electron chi connectivity index (χ0n) is 11.2. The van der Waals surface area contributed by atoms with Gasteiger partial charge in [0.25, 0.3) is 0 Å². The Kier molecular flexibility index (Phi) is 3.67. The van der Waals surface area contributed by atoms with Crippen LogP contribution in [0.4, 0.5) is 0 Å². The van der Waals surface area contributed by atoms with E-state index in [-0.39, 0.29) is 0 Å². The van der Waals surface area contributed by atoms with E-state index in [4.69, 9.17) is 0 Å². The summed E-state index contributed by atoms with van der Waals surface area (Å²) in [6.07, 6.45) is 6.76. The second-order valence-corrected chi connectivity index (χ2v) is 7.51. The van der Waals surface area contributed by atoms with Gasteiger partial charge in [0.15, 0.2) is 0 Å². The zero-order valence-corrected chi connectivity index (χ0v) is 12.0. The van der Waals surface area contributed by atoms with Gasteiger partial charge in [0, 0.05) is 11.2 Å². The van der Waals surface area contributed by atoms with Crippen molar-refractivity contribution >= 4 is 11.8 Å². The molecule has 3 atom stereocenters. The Balaban J connectivity index is 1.90. The van der Waals surface area contributed by atoms with Crippen LogP contribution in [-0.2, 0) is 0 Å². The molecule has 0 aromatic heterocycles. The first-order valence-corrected chi connectivity index (χ1v) is 8.16. The highest BCUT2D eigenvalue weighted by molar-refractivity contribution is 8.01. The predicted molar refractivity (Wildman–Crippen MR) is 80.1 cm³/mol. The number of rotatable bonds is 1. The van der Waals surface area contributed by atoms with Gasteiger partial charge in [-0.3, -0.25) is 0 Å². The second kappa shape index (κ2) is 5.26. The summed E-state index contributed by atoms with van der Waals surface area (Å²) in [5, 5.41) is 4.68. The van der Waals surface area contributed by atoms with E-state index in [9.17, 15) is 0 Å². The van der Waals surface area contributed by atoms with Crippen molar-refractivity contribution in [2.24, 2.45) is 0 Å². The van der Waals surface area contributed by atoms with Crippen LogP contribution in [0.5, 0.6) is 0 Å². The van der Waals surface area contributed by atoms with E-state index in [0.717, 1.165) is 5.25 Å². The molecule has 98 valence electrons. The van der Waals surface area contributed by atoms with Gasteiger partial charge in [-0.05, 0) is 31.4 Å². The molecule has 1 aliphatic carbocycles. The minimum Gasteiger partial charge on any atom is -0.302 e. The highest BCUT2D eigenvalue weighted by atomic mass is 32.2. The molecule has 1 nitrogen and oxygen atoms in total. The Morgan fingerprint density at radius 1 is 1.17 bits per heavy atom. The van der Waals surface area contributed by atoms with Crippen LogP contribution in [-0.4, -0.2) is 16.7 Å². The van der Waals surface area contributed by atoms with Gasteiger partial charge in [0.05, 0.1) is 4.87 Å². The van der Waals surface area contributed by atoms with Crippen LogP contribution in [0.25, 0.3) is 0 Å². The van der Waals surface area contributed by atoms with Crippen molar-refractivity contribution in [3.8, 4) is 0 Å². The van der Waals surface area contributed by atoms with Crippen molar-refractivity contribution in [2.75, 3.05) is 6.54 Å². The molecule has 2 fully saturated rings. The maximum atomic E-state index is 3.88. The van der Waals surface area contributed by atoms with Crippen LogP contribution < -0.4 is 5.32 Å². The Hall–Kier alpha value is -0.470. The zero-order chi connectivity index (χ0) is 12.4. The molecule has 1 aromatic carbocycles. The monoisotopic (exact) mass is 261 g/mol. The molecule has 1 saturated heterocycles. The quantitative estimate of drug-likeness (QED) is 0.815. The van der Waals surface area contributed by atoms with Crippen LogP contribution >= 0.6 is 11.8 Å². The third-order valence-corrected chi connectivity index (χ3v) is 6.13. The lowest BCUT2D eigenvalue weighted by Gasteiger charge is -2.49. The van der Waals surface area contributed by atoms with Gasteiger partial charge in [-0.25, -0.2) is 0 Å². The summed E-state index contributed by atoms with van der Waals surface area (Å²) >= 11 is 2.20. The van der Waals surface area contributed by atoms with Crippen LogP contribution in [0, 0.1) is 0 Å². The van der Waals surface area contributed by atoms with Crippen LogP contribution in [0.3, 0.4) is 0 Å². The molecule has 0 bridgehead atoms. The molecular weight excluding hydrogens is 238 g/mol. The Bertz CT molecular complexity index is 387. The van der Waals surface area contributed by atoms with Gasteiger partial charge in [0.2, 0.25) is 0 Å². The van der Waals surface area contributed by atoms with Gasteiger partial charge in [-0.15, -0.1) is 11.8 Å². The molecule has 0 radical (unpaired) electrons. The van der Waals surface area contributed by atoms with E-state index in [1.54, 1.807) is 0 Å². The maximum absolute atomic E-state index is 3.88. The number of hydrogen-bond acceptors (Lipinski definition) is 2. The smallest absolute Gasteiger partial charge is 0.0717 e. The fourth-order valence-electron chi connectivity index (χ4n) is 3.56. The molecule has 3 unspecified atom stereocenters. The number of nitrogens with one attached hydrogen (secondary N) is 1. The lowest BCUT2D eigenvalue weighted by Crippen LogP contribution is -2.53. The van der Waals surface area contributed by atoms with Crippen molar-refractivity contribution in [1.29, 1.82) is 0 Å². The van der Waals surface area contributed by atoms with Crippen LogP contribution in [0.15, 0.2) is 30.3 Å². The third kappa shape index (κ3) is 2.33. The van der Waals surface area contributed by atoms with E-state index in [1.807, 2.05) is 0 Å². The first-order valence-electron chi connectivity index (χ1n) is 7.28. The summed E-state index contributed by atoms with van der Waals surface area (Å²) in [6, 6.07) is 11.1. The van der Waals surface area contributed by atoms with Gasteiger partial charge in [-0.2, -0.15) is 0 Å². The molecule has 1 aromatic rings. The third-order valence-electron chi connectivity index (χ3n) is 4.44. The molecular formula is C16H23NS. The predicted octanol–water partition coefficient (Wildman–Crippen LogP) is 4.16. The molecule has 3 rings (SSSR count). The van der Waals surface area contributed by atoms with E-state index in [0.29, 0.717) is 10.8 Å². The average Bonchev–Trinajstić information content (AvgIpc) is 2.40. The van der Waals surface area contributed by atoms with Crippen molar-refractivity contribution in [3.05, 3.63) is 35.9 Å². The maximum Gasteiger partial charge on any atom is 0.0717 e. The highest BCUT2D eigenvalue weighted by Crippen LogP contribution is 2.50. The average molecular weight is 261 g/mol. The topological polar surface area (TPSA) is 12.0 Å². The molecule has 1 heterocycles. The van der Waals surface area contributed by atoms with Gasteiger partial charge >= 0.3 is 0 Å². The summed E-state index contributed by atoms with van der Waals surface area (Å²) in [5.74, 6) is 0.695. The SMILES string of the molecule is CC1CCNC2(CCCCC2c2ccccc2)S1.